The third-order valence-corrected chi connectivity index (χ3v) is 3.71. The van der Waals surface area contributed by atoms with Crippen molar-refractivity contribution in [3.63, 3.8) is 0 Å². The maximum Gasteiger partial charge on any atom is 0.242 e. The second kappa shape index (κ2) is 6.09. The van der Waals surface area contributed by atoms with E-state index >= 15 is 0 Å². The van der Waals surface area contributed by atoms with Gasteiger partial charge in [0.05, 0.1) is 11.9 Å². The zero-order chi connectivity index (χ0) is 15.6. The lowest BCUT2D eigenvalue weighted by Gasteiger charge is -2.14. The van der Waals surface area contributed by atoms with Crippen molar-refractivity contribution in [1.29, 1.82) is 0 Å². The molecular formula is C14H22N6O. The maximum absolute atomic E-state index is 12.3. The number of aromatic nitrogens is 4. The van der Waals surface area contributed by atoms with Crippen LogP contribution < -0.4 is 10.6 Å². The van der Waals surface area contributed by atoms with Gasteiger partial charge in [-0.1, -0.05) is 0 Å². The largest absolute Gasteiger partial charge is 0.350 e. The molecule has 0 aliphatic heterocycles. The molecule has 0 bridgehead atoms. The summed E-state index contributed by atoms with van der Waals surface area (Å²) in [6, 6.07) is -0.406. The Labute approximate surface area is 124 Å². The Kier molecular flexibility index (Phi) is 4.42. The van der Waals surface area contributed by atoms with E-state index < -0.39 is 6.04 Å². The first-order valence-electron chi connectivity index (χ1n) is 6.86. The number of likely N-dealkylation sites (N-methyl/N-ethyl adjacent to an activating group) is 1. The minimum atomic E-state index is -0.406. The van der Waals surface area contributed by atoms with Gasteiger partial charge in [0.25, 0.3) is 0 Å². The third-order valence-electron chi connectivity index (χ3n) is 3.71. The molecule has 114 valence electrons. The molecule has 0 aliphatic carbocycles. The average molecular weight is 290 g/mol. The van der Waals surface area contributed by atoms with Crippen molar-refractivity contribution in [2.75, 3.05) is 7.05 Å². The van der Waals surface area contributed by atoms with Gasteiger partial charge in [-0.2, -0.15) is 10.2 Å². The molecule has 2 aromatic rings. The molecule has 2 heterocycles. The van der Waals surface area contributed by atoms with Crippen LogP contribution in [0, 0.1) is 13.8 Å². The highest BCUT2D eigenvalue weighted by atomic mass is 16.2. The average Bonchev–Trinajstić information content (AvgIpc) is 2.94. The molecule has 1 atom stereocenters. The van der Waals surface area contributed by atoms with Gasteiger partial charge in [0.15, 0.2) is 0 Å². The van der Waals surface area contributed by atoms with Crippen LogP contribution in [0.25, 0.3) is 0 Å². The molecule has 2 rings (SSSR count). The number of carbonyl (C=O) groups excluding carboxylic acids is 1. The van der Waals surface area contributed by atoms with Gasteiger partial charge in [-0.25, -0.2) is 0 Å². The molecule has 0 spiro atoms. The summed E-state index contributed by atoms with van der Waals surface area (Å²) in [5.41, 5.74) is 3.91. The number of aryl methyl sites for hydroxylation is 3. The smallest absolute Gasteiger partial charge is 0.242 e. The minimum Gasteiger partial charge on any atom is -0.350 e. The molecule has 0 fully saturated rings. The number of amides is 1. The SMILES string of the molecule is CNC(C(=O)NCc1c(C)nn(C)c1C)c1cnn(C)c1. The number of nitrogens with zero attached hydrogens (tertiary/aromatic N) is 4. The summed E-state index contributed by atoms with van der Waals surface area (Å²) in [5, 5.41) is 14.4. The highest BCUT2D eigenvalue weighted by Crippen LogP contribution is 2.14. The predicted octanol–water partition coefficient (Wildman–Crippen LogP) is 0.347. The summed E-state index contributed by atoms with van der Waals surface area (Å²) in [4.78, 5) is 12.3. The van der Waals surface area contributed by atoms with E-state index in [4.69, 9.17) is 0 Å². The van der Waals surface area contributed by atoms with E-state index in [0.29, 0.717) is 6.54 Å². The Morgan fingerprint density at radius 3 is 2.57 bits per heavy atom. The fraction of sp³-hybridized carbons (Fsp3) is 0.500. The summed E-state index contributed by atoms with van der Waals surface area (Å²) in [5.74, 6) is -0.0758. The van der Waals surface area contributed by atoms with Crippen LogP contribution in [-0.4, -0.2) is 32.5 Å². The number of carbonyl (C=O) groups is 1. The second-order valence-corrected chi connectivity index (χ2v) is 5.16. The van der Waals surface area contributed by atoms with E-state index in [2.05, 4.69) is 20.8 Å². The first kappa shape index (κ1) is 15.2. The van der Waals surface area contributed by atoms with E-state index in [-0.39, 0.29) is 5.91 Å². The van der Waals surface area contributed by atoms with Crippen LogP contribution in [0.1, 0.15) is 28.6 Å². The third kappa shape index (κ3) is 3.13. The molecule has 7 nitrogen and oxygen atoms in total. The van der Waals surface area contributed by atoms with Crippen LogP contribution in [0.15, 0.2) is 12.4 Å². The molecule has 1 amide bonds. The molecule has 7 heteroatoms. The van der Waals surface area contributed by atoms with Gasteiger partial charge in [-0.15, -0.1) is 0 Å². The zero-order valence-corrected chi connectivity index (χ0v) is 13.1. The second-order valence-electron chi connectivity index (χ2n) is 5.16. The van der Waals surface area contributed by atoms with Gasteiger partial charge in [-0.3, -0.25) is 14.2 Å². The van der Waals surface area contributed by atoms with Crippen LogP contribution in [0.3, 0.4) is 0 Å². The van der Waals surface area contributed by atoms with E-state index in [1.165, 1.54) is 0 Å². The molecule has 0 saturated carbocycles. The van der Waals surface area contributed by atoms with E-state index in [1.807, 2.05) is 38.8 Å². The fourth-order valence-electron chi connectivity index (χ4n) is 2.39. The van der Waals surface area contributed by atoms with Gasteiger partial charge in [-0.05, 0) is 20.9 Å². The quantitative estimate of drug-likeness (QED) is 0.833. The van der Waals surface area contributed by atoms with Crippen molar-refractivity contribution in [3.05, 3.63) is 34.9 Å². The Balaban J connectivity index is 2.06. The van der Waals surface area contributed by atoms with Gasteiger partial charge >= 0.3 is 0 Å². The molecule has 1 unspecified atom stereocenters. The van der Waals surface area contributed by atoms with Crippen LogP contribution >= 0.6 is 0 Å². The van der Waals surface area contributed by atoms with Gasteiger partial charge in [0.2, 0.25) is 5.91 Å². The maximum atomic E-state index is 12.3. The van der Waals surface area contributed by atoms with Crippen molar-refractivity contribution in [3.8, 4) is 0 Å². The lowest BCUT2D eigenvalue weighted by Crippen LogP contribution is -2.35. The fourth-order valence-corrected chi connectivity index (χ4v) is 2.39. The molecule has 0 aliphatic rings. The highest BCUT2D eigenvalue weighted by molar-refractivity contribution is 5.83. The van der Waals surface area contributed by atoms with Gasteiger partial charge in [0, 0.05) is 43.7 Å². The predicted molar refractivity (Wildman–Crippen MR) is 79.5 cm³/mol. The summed E-state index contributed by atoms with van der Waals surface area (Å²) < 4.78 is 3.51. The van der Waals surface area contributed by atoms with Crippen LogP contribution in [-0.2, 0) is 25.4 Å². The first-order chi connectivity index (χ1) is 9.93. The summed E-state index contributed by atoms with van der Waals surface area (Å²) in [7, 11) is 5.49. The highest BCUT2D eigenvalue weighted by Gasteiger charge is 2.20. The number of nitrogens with one attached hydrogen (secondary N) is 2. The first-order valence-corrected chi connectivity index (χ1v) is 6.86. The van der Waals surface area contributed by atoms with E-state index in [9.17, 15) is 4.79 Å². The monoisotopic (exact) mass is 290 g/mol. The lowest BCUT2D eigenvalue weighted by molar-refractivity contribution is -0.123. The lowest BCUT2D eigenvalue weighted by atomic mass is 10.1. The molecule has 2 N–H and O–H groups in total. The van der Waals surface area contributed by atoms with Crippen molar-refractivity contribution in [2.24, 2.45) is 14.1 Å². The van der Waals surface area contributed by atoms with Crippen LogP contribution in [0.2, 0.25) is 0 Å². The van der Waals surface area contributed by atoms with Crippen LogP contribution in [0.5, 0.6) is 0 Å². The normalized spacial score (nSPS) is 12.4. The van der Waals surface area contributed by atoms with Gasteiger partial charge in [0.1, 0.15) is 6.04 Å². The van der Waals surface area contributed by atoms with E-state index in [1.54, 1.807) is 17.9 Å². The topological polar surface area (TPSA) is 76.8 Å². The zero-order valence-electron chi connectivity index (χ0n) is 13.1. The molecule has 0 saturated heterocycles. The standard InChI is InChI=1S/C14H22N6O/c1-9-12(10(2)20(5)18-9)7-16-14(21)13(15-3)11-6-17-19(4)8-11/h6,8,13,15H,7H2,1-5H3,(H,16,21). The molecule has 21 heavy (non-hydrogen) atoms. The Bertz CT molecular complexity index is 642. The summed E-state index contributed by atoms with van der Waals surface area (Å²) >= 11 is 0. The van der Waals surface area contributed by atoms with Crippen molar-refractivity contribution < 1.29 is 4.79 Å². The molecular weight excluding hydrogens is 268 g/mol. The Hall–Kier alpha value is -2.15. The molecule has 2 aromatic heterocycles. The van der Waals surface area contributed by atoms with E-state index in [0.717, 1.165) is 22.5 Å². The summed E-state index contributed by atoms with van der Waals surface area (Å²) in [6.07, 6.45) is 3.53. The number of hydrogen-bond donors (Lipinski definition) is 2. The Morgan fingerprint density at radius 1 is 1.38 bits per heavy atom. The number of rotatable bonds is 5. The van der Waals surface area contributed by atoms with Crippen LogP contribution in [0.4, 0.5) is 0 Å². The molecule has 0 radical (unpaired) electrons. The van der Waals surface area contributed by atoms with Crippen molar-refractivity contribution in [2.45, 2.75) is 26.4 Å². The Morgan fingerprint density at radius 2 is 2.10 bits per heavy atom. The van der Waals surface area contributed by atoms with Gasteiger partial charge < -0.3 is 10.6 Å². The minimum absolute atomic E-state index is 0.0758. The molecule has 0 aromatic carbocycles. The van der Waals surface area contributed by atoms with Crippen molar-refractivity contribution in [1.82, 2.24) is 30.2 Å². The number of hydrogen-bond acceptors (Lipinski definition) is 4. The van der Waals surface area contributed by atoms with Crippen molar-refractivity contribution >= 4 is 5.91 Å². The summed E-state index contributed by atoms with van der Waals surface area (Å²) in [6.45, 7) is 4.42.